The zero-order valence-corrected chi connectivity index (χ0v) is 13.3. The number of hydrogen-bond donors (Lipinski definition) is 2. The minimum atomic E-state index is -0.464. The van der Waals surface area contributed by atoms with Crippen molar-refractivity contribution in [2.75, 3.05) is 13.1 Å². The van der Waals surface area contributed by atoms with Crippen LogP contribution in [0.1, 0.15) is 39.3 Å². The van der Waals surface area contributed by atoms with Crippen molar-refractivity contribution in [1.29, 1.82) is 0 Å². The van der Waals surface area contributed by atoms with E-state index in [2.05, 4.69) is 17.6 Å². The summed E-state index contributed by atoms with van der Waals surface area (Å²) in [5.41, 5.74) is 0.695. The van der Waals surface area contributed by atoms with Gasteiger partial charge in [0.1, 0.15) is 5.60 Å². The molecule has 1 aromatic rings. The average molecular weight is 299 g/mol. The summed E-state index contributed by atoms with van der Waals surface area (Å²) in [6.45, 7) is 8.78. The fraction of sp³-hybridized carbons (Fsp3) is 0.533. The largest absolute Gasteiger partial charge is 0.444 e. The Bertz CT molecular complexity index is 426. The molecule has 0 saturated carbocycles. The first kappa shape index (κ1) is 16.8. The van der Waals surface area contributed by atoms with Crippen molar-refractivity contribution in [3.63, 3.8) is 0 Å². The van der Waals surface area contributed by atoms with Gasteiger partial charge in [-0.2, -0.15) is 0 Å². The first-order chi connectivity index (χ1) is 9.28. The van der Waals surface area contributed by atoms with E-state index in [1.54, 1.807) is 0 Å². The molecule has 1 rings (SSSR count). The van der Waals surface area contributed by atoms with Gasteiger partial charge in [0.2, 0.25) is 0 Å². The van der Waals surface area contributed by atoms with Gasteiger partial charge in [0, 0.05) is 24.2 Å². The summed E-state index contributed by atoms with van der Waals surface area (Å²) in [7, 11) is 0. The Kier molecular flexibility index (Phi) is 6.30. The fourth-order valence-corrected chi connectivity index (χ4v) is 1.76. The number of rotatable bonds is 5. The normalized spacial score (nSPS) is 12.8. The highest BCUT2D eigenvalue weighted by atomic mass is 35.5. The Hall–Kier alpha value is -1.26. The third kappa shape index (κ3) is 6.78. The van der Waals surface area contributed by atoms with Crippen molar-refractivity contribution in [2.45, 2.75) is 39.3 Å². The summed E-state index contributed by atoms with van der Waals surface area (Å²) in [5, 5.41) is 6.76. The van der Waals surface area contributed by atoms with E-state index < -0.39 is 11.7 Å². The fourth-order valence-electron chi connectivity index (χ4n) is 1.64. The second-order valence-corrected chi connectivity index (χ2v) is 6.09. The zero-order valence-electron chi connectivity index (χ0n) is 12.5. The van der Waals surface area contributed by atoms with Crippen LogP contribution in [0.3, 0.4) is 0 Å². The van der Waals surface area contributed by atoms with E-state index in [0.717, 1.165) is 10.6 Å². The van der Waals surface area contributed by atoms with Crippen molar-refractivity contribution in [2.24, 2.45) is 0 Å². The molecule has 0 unspecified atom stereocenters. The predicted octanol–water partition coefficient (Wildman–Crippen LogP) is 3.52. The molecule has 0 aliphatic heterocycles. The van der Waals surface area contributed by atoms with E-state index in [0.29, 0.717) is 13.1 Å². The number of carbonyl (C=O) groups is 1. The lowest BCUT2D eigenvalue weighted by Gasteiger charge is -2.20. The maximum atomic E-state index is 11.4. The van der Waals surface area contributed by atoms with Crippen molar-refractivity contribution in [1.82, 2.24) is 10.6 Å². The molecule has 0 spiro atoms. The smallest absolute Gasteiger partial charge is 0.407 e. The maximum absolute atomic E-state index is 11.4. The lowest BCUT2D eigenvalue weighted by Crippen LogP contribution is -2.36. The third-order valence-electron chi connectivity index (χ3n) is 2.61. The summed E-state index contributed by atoms with van der Waals surface area (Å²) >= 11 is 5.85. The maximum Gasteiger partial charge on any atom is 0.407 e. The van der Waals surface area contributed by atoms with E-state index >= 15 is 0 Å². The molecular formula is C15H23ClN2O2. The molecule has 1 atom stereocenters. The lowest BCUT2D eigenvalue weighted by molar-refractivity contribution is 0.0528. The second-order valence-electron chi connectivity index (χ2n) is 5.66. The molecule has 4 nitrogen and oxygen atoms in total. The van der Waals surface area contributed by atoms with Gasteiger partial charge in [-0.05, 0) is 45.4 Å². The zero-order chi connectivity index (χ0) is 15.2. The summed E-state index contributed by atoms with van der Waals surface area (Å²) in [5.74, 6) is 0. The summed E-state index contributed by atoms with van der Waals surface area (Å²) < 4.78 is 5.15. The topological polar surface area (TPSA) is 50.4 Å². The van der Waals surface area contributed by atoms with Crippen molar-refractivity contribution < 1.29 is 9.53 Å². The van der Waals surface area contributed by atoms with E-state index in [-0.39, 0.29) is 6.04 Å². The highest BCUT2D eigenvalue weighted by Gasteiger charge is 2.15. The van der Waals surface area contributed by atoms with Crippen molar-refractivity contribution in [3.8, 4) is 0 Å². The van der Waals surface area contributed by atoms with Crippen LogP contribution in [-0.4, -0.2) is 24.8 Å². The van der Waals surface area contributed by atoms with E-state index in [1.165, 1.54) is 0 Å². The predicted molar refractivity (Wildman–Crippen MR) is 82.1 cm³/mol. The molecular weight excluding hydrogens is 276 g/mol. The van der Waals surface area contributed by atoms with Crippen LogP contribution in [0.4, 0.5) is 4.79 Å². The van der Waals surface area contributed by atoms with Gasteiger partial charge >= 0.3 is 6.09 Å². The van der Waals surface area contributed by atoms with Gasteiger partial charge in [0.15, 0.2) is 0 Å². The quantitative estimate of drug-likeness (QED) is 0.818. The van der Waals surface area contributed by atoms with Gasteiger partial charge in [0.05, 0.1) is 0 Å². The molecule has 112 valence electrons. The van der Waals surface area contributed by atoms with Gasteiger partial charge < -0.3 is 15.4 Å². The molecule has 0 aliphatic carbocycles. The first-order valence-electron chi connectivity index (χ1n) is 6.73. The number of benzene rings is 1. The van der Waals surface area contributed by atoms with Crippen LogP contribution in [0.5, 0.6) is 0 Å². The second kappa shape index (κ2) is 7.50. The minimum absolute atomic E-state index is 0.202. The standard InChI is InChI=1S/C15H23ClN2O2/c1-11(12-5-7-13(16)8-6-12)17-9-10-18-14(19)20-15(2,3)4/h5-8,11,17H,9-10H2,1-4H3,(H,18,19)/t11-/m0/s1. The minimum Gasteiger partial charge on any atom is -0.444 e. The summed E-state index contributed by atoms with van der Waals surface area (Å²) in [6.07, 6.45) is -0.390. The van der Waals surface area contributed by atoms with Crippen LogP contribution in [-0.2, 0) is 4.74 Å². The Labute approximate surface area is 125 Å². The molecule has 0 aliphatic rings. The van der Waals surface area contributed by atoms with Crippen LogP contribution in [0.2, 0.25) is 5.02 Å². The monoisotopic (exact) mass is 298 g/mol. The number of nitrogens with one attached hydrogen (secondary N) is 2. The van der Waals surface area contributed by atoms with Gasteiger partial charge in [0.25, 0.3) is 0 Å². The number of halogens is 1. The molecule has 0 bridgehead atoms. The molecule has 2 N–H and O–H groups in total. The van der Waals surface area contributed by atoms with Crippen LogP contribution < -0.4 is 10.6 Å². The van der Waals surface area contributed by atoms with E-state index in [9.17, 15) is 4.79 Å². The molecule has 1 amide bonds. The molecule has 0 fully saturated rings. The van der Waals surface area contributed by atoms with Gasteiger partial charge in [-0.1, -0.05) is 23.7 Å². The van der Waals surface area contributed by atoms with Gasteiger partial charge in [-0.15, -0.1) is 0 Å². The van der Waals surface area contributed by atoms with Crippen molar-refractivity contribution >= 4 is 17.7 Å². The third-order valence-corrected chi connectivity index (χ3v) is 2.87. The Morgan fingerprint density at radius 2 is 1.85 bits per heavy atom. The highest BCUT2D eigenvalue weighted by molar-refractivity contribution is 6.30. The van der Waals surface area contributed by atoms with Gasteiger partial charge in [-0.25, -0.2) is 4.79 Å². The molecule has 1 aromatic carbocycles. The van der Waals surface area contributed by atoms with Gasteiger partial charge in [-0.3, -0.25) is 0 Å². The lowest BCUT2D eigenvalue weighted by atomic mass is 10.1. The van der Waals surface area contributed by atoms with Crippen molar-refractivity contribution in [3.05, 3.63) is 34.9 Å². The molecule has 20 heavy (non-hydrogen) atoms. The number of carbonyl (C=O) groups excluding carboxylic acids is 1. The molecule has 0 radical (unpaired) electrons. The van der Waals surface area contributed by atoms with Crippen LogP contribution in [0, 0.1) is 0 Å². The first-order valence-corrected chi connectivity index (χ1v) is 7.11. The Morgan fingerprint density at radius 1 is 1.25 bits per heavy atom. The van der Waals surface area contributed by atoms with Crippen LogP contribution in [0.15, 0.2) is 24.3 Å². The number of alkyl carbamates (subject to hydrolysis) is 1. The number of hydrogen-bond acceptors (Lipinski definition) is 3. The summed E-state index contributed by atoms with van der Waals surface area (Å²) in [4.78, 5) is 11.4. The van der Waals surface area contributed by atoms with Crippen LogP contribution >= 0.6 is 11.6 Å². The molecule has 0 saturated heterocycles. The molecule has 5 heteroatoms. The van der Waals surface area contributed by atoms with E-state index in [4.69, 9.17) is 16.3 Å². The molecule has 0 aromatic heterocycles. The van der Waals surface area contributed by atoms with Crippen LogP contribution in [0.25, 0.3) is 0 Å². The number of ether oxygens (including phenoxy) is 1. The summed E-state index contributed by atoms with van der Waals surface area (Å²) in [6, 6.07) is 7.91. The Morgan fingerprint density at radius 3 is 2.40 bits per heavy atom. The highest BCUT2D eigenvalue weighted by Crippen LogP contribution is 2.15. The van der Waals surface area contributed by atoms with E-state index in [1.807, 2.05) is 45.0 Å². The number of amides is 1. The Balaban J connectivity index is 2.24. The molecule has 0 heterocycles. The SMILES string of the molecule is C[C@H](NCCNC(=O)OC(C)(C)C)c1ccc(Cl)cc1. The average Bonchev–Trinajstić information content (AvgIpc) is 2.33.